The predicted molar refractivity (Wildman–Crippen MR) is 282 cm³/mol. The summed E-state index contributed by atoms with van der Waals surface area (Å²) in [7, 11) is 3.05. The molecule has 73 heavy (non-hydrogen) atoms. The van der Waals surface area contributed by atoms with Gasteiger partial charge in [-0.3, -0.25) is 9.59 Å². The van der Waals surface area contributed by atoms with Crippen LogP contribution >= 0.6 is 0 Å². The second-order valence-corrected chi connectivity index (χ2v) is 22.6. The number of ether oxygens (including phenoxy) is 4. The number of aryl methyl sites for hydroxylation is 1. The van der Waals surface area contributed by atoms with Crippen molar-refractivity contribution in [3.63, 3.8) is 0 Å². The summed E-state index contributed by atoms with van der Waals surface area (Å²) in [5, 5.41) is 59.1. The van der Waals surface area contributed by atoms with E-state index in [-0.39, 0.29) is 55.1 Å². The smallest absolute Gasteiger partial charge is 0.329 e. The molecule has 1 aromatic carbocycles. The van der Waals surface area contributed by atoms with Gasteiger partial charge in [0.1, 0.15) is 24.4 Å². The van der Waals surface area contributed by atoms with Gasteiger partial charge in [0, 0.05) is 62.0 Å². The second-order valence-electron chi connectivity index (χ2n) is 22.6. The normalized spacial score (nSPS) is 39.4. The van der Waals surface area contributed by atoms with Crippen LogP contribution in [0.1, 0.15) is 143 Å². The molecule has 2 saturated heterocycles. The molecule has 1 aromatic heterocycles. The number of methoxy groups -OCH3 is 2. The number of carbonyl (C=O) groups excluding carboxylic acids is 3. The Morgan fingerprint density at radius 1 is 0.849 bits per heavy atom. The maximum Gasteiger partial charge on any atom is 0.329 e. The predicted octanol–water partition coefficient (Wildman–Crippen LogP) is 8.32. The number of benzene rings is 1. The van der Waals surface area contributed by atoms with Crippen molar-refractivity contribution >= 4 is 28.6 Å². The van der Waals surface area contributed by atoms with Crippen molar-refractivity contribution in [1.29, 1.82) is 0 Å². The van der Waals surface area contributed by atoms with E-state index >= 15 is 0 Å². The molecule has 2 bridgehead atoms. The molecule has 406 valence electrons. The average Bonchev–Trinajstić information content (AvgIpc) is 3.81. The molecule has 3 unspecified atom stereocenters. The first-order chi connectivity index (χ1) is 34.7. The summed E-state index contributed by atoms with van der Waals surface area (Å²) in [5.41, 5.74) is 4.71. The van der Waals surface area contributed by atoms with Crippen LogP contribution in [-0.4, -0.2) is 135 Å². The number of nitrogens with zero attached hydrogens (tertiary/aromatic N) is 1. The Hall–Kier alpha value is -3.99. The van der Waals surface area contributed by atoms with Gasteiger partial charge in [-0.05, 0) is 132 Å². The number of allylic oxidation sites excluding steroid dienone is 6. The van der Waals surface area contributed by atoms with E-state index in [4.69, 9.17) is 18.9 Å². The Morgan fingerprint density at radius 3 is 2.33 bits per heavy atom. The Kier molecular flexibility index (Phi) is 20.9. The molecule has 2 aromatic rings. The number of amides is 1. The lowest BCUT2D eigenvalue weighted by molar-refractivity contribution is -0.264. The summed E-state index contributed by atoms with van der Waals surface area (Å²) >= 11 is 0. The highest BCUT2D eigenvalue weighted by Gasteiger charge is 2.53. The SMILES string of the molecule is CO[C@@H]1C[C@H](C[C@@H](C)C2CC(O)[C@H](C)/C=C(\C)[C@@H](O)[C@@H](OC)C(O)[C@H](C)C[C@H](C)/C=C/C=C/C=C(\C)[C@@H](c3c[nH]c4c(C)cccc34)C[C@@H]3CC[C@@H](C)[C@@](O)(O3)C(=O)C(=O)N3CCCC[C@H]3C(=O)O2)CC[C@H]1O. The molecule has 0 radical (unpaired) electrons. The lowest BCUT2D eigenvalue weighted by atomic mass is 9.78. The van der Waals surface area contributed by atoms with Gasteiger partial charge >= 0.3 is 5.97 Å². The van der Waals surface area contributed by atoms with Crippen LogP contribution in [0.5, 0.6) is 0 Å². The summed E-state index contributed by atoms with van der Waals surface area (Å²) in [6, 6.07) is 5.06. The van der Waals surface area contributed by atoms with Crippen molar-refractivity contribution in [1.82, 2.24) is 9.88 Å². The minimum atomic E-state index is -2.44. The number of Topliss-reactive ketones (excluding diaryl/α,β-unsaturated/α-hetero) is 1. The number of H-pyrrole nitrogens is 1. The third-order valence-corrected chi connectivity index (χ3v) is 17.0. The fourth-order valence-corrected chi connectivity index (χ4v) is 12.2. The summed E-state index contributed by atoms with van der Waals surface area (Å²) < 4.78 is 24.2. The number of carbonyl (C=O) groups is 3. The first kappa shape index (κ1) is 58.3. The van der Waals surface area contributed by atoms with Crippen molar-refractivity contribution < 1.29 is 58.9 Å². The molecule has 6 N–H and O–H groups in total. The molecular weight excluding hydrogens is 929 g/mol. The van der Waals surface area contributed by atoms with Gasteiger partial charge < -0.3 is 54.4 Å². The lowest BCUT2D eigenvalue weighted by Crippen LogP contribution is -2.60. The Balaban J connectivity index is 1.35. The molecule has 4 aliphatic rings. The maximum absolute atomic E-state index is 14.6. The first-order valence-corrected chi connectivity index (χ1v) is 27.2. The number of esters is 1. The van der Waals surface area contributed by atoms with Crippen molar-refractivity contribution in [3.05, 3.63) is 83.1 Å². The molecule has 1 saturated carbocycles. The summed E-state index contributed by atoms with van der Waals surface area (Å²) in [6.07, 6.45) is 13.4. The van der Waals surface area contributed by atoms with Crippen LogP contribution in [0.4, 0.5) is 0 Å². The summed E-state index contributed by atoms with van der Waals surface area (Å²) in [4.78, 5) is 48.5. The monoisotopic (exact) mass is 1020 g/mol. The highest BCUT2D eigenvalue weighted by atomic mass is 16.6. The number of piperidine rings is 1. The van der Waals surface area contributed by atoms with Crippen LogP contribution in [0.25, 0.3) is 10.9 Å². The summed E-state index contributed by atoms with van der Waals surface area (Å²) in [5.74, 6) is -6.94. The molecule has 3 fully saturated rings. The topological polar surface area (TPSA) is 208 Å². The van der Waals surface area contributed by atoms with Gasteiger partial charge in [-0.2, -0.15) is 0 Å². The number of rotatable bonds is 6. The second kappa shape index (κ2) is 26.2. The number of hydrogen-bond donors (Lipinski definition) is 6. The van der Waals surface area contributed by atoms with E-state index in [1.54, 1.807) is 27.0 Å². The largest absolute Gasteiger partial charge is 0.460 e. The third kappa shape index (κ3) is 14.1. The number of aliphatic hydroxyl groups excluding tert-OH is 4. The van der Waals surface area contributed by atoms with Crippen LogP contribution in [0.2, 0.25) is 0 Å². The third-order valence-electron chi connectivity index (χ3n) is 17.0. The van der Waals surface area contributed by atoms with E-state index in [1.165, 1.54) is 12.0 Å². The van der Waals surface area contributed by atoms with Gasteiger partial charge in [-0.1, -0.05) is 94.8 Å². The fourth-order valence-electron chi connectivity index (χ4n) is 12.2. The molecule has 3 aliphatic heterocycles. The highest BCUT2D eigenvalue weighted by Crippen LogP contribution is 2.42. The molecule has 4 heterocycles. The molecule has 1 amide bonds. The zero-order chi connectivity index (χ0) is 53.3. The van der Waals surface area contributed by atoms with Crippen LogP contribution < -0.4 is 0 Å². The number of nitrogens with one attached hydrogen (secondary N) is 1. The van der Waals surface area contributed by atoms with Crippen LogP contribution in [-0.2, 0) is 33.3 Å². The zero-order valence-electron chi connectivity index (χ0n) is 45.2. The minimum Gasteiger partial charge on any atom is -0.460 e. The van der Waals surface area contributed by atoms with Crippen LogP contribution in [0.15, 0.2) is 72.0 Å². The molecule has 0 spiro atoms. The molecule has 14 nitrogen and oxygen atoms in total. The summed E-state index contributed by atoms with van der Waals surface area (Å²) in [6.45, 7) is 15.5. The van der Waals surface area contributed by atoms with Crippen molar-refractivity contribution in [2.45, 2.75) is 199 Å². The number of cyclic esters (lactones) is 1. The van der Waals surface area contributed by atoms with E-state index < -0.39 is 84.1 Å². The Labute approximate surface area is 434 Å². The number of para-hydroxylation sites is 1. The van der Waals surface area contributed by atoms with E-state index in [0.29, 0.717) is 63.4 Å². The number of aliphatic hydroxyl groups is 5. The quantitative estimate of drug-likeness (QED) is 0.0918. The van der Waals surface area contributed by atoms with E-state index in [9.17, 15) is 39.9 Å². The van der Waals surface area contributed by atoms with Gasteiger partial charge in [0.2, 0.25) is 5.79 Å². The number of aromatic nitrogens is 1. The van der Waals surface area contributed by atoms with Crippen molar-refractivity contribution in [2.75, 3.05) is 20.8 Å². The fraction of sp³-hybridized carbons (Fsp3) is 0.678. The first-order valence-electron chi connectivity index (χ1n) is 27.2. The number of hydrogen-bond acceptors (Lipinski definition) is 12. The minimum absolute atomic E-state index is 0.0326. The molecule has 6 rings (SSSR count). The van der Waals surface area contributed by atoms with E-state index in [2.05, 4.69) is 50.0 Å². The Morgan fingerprint density at radius 2 is 1.60 bits per heavy atom. The molecule has 17 atom stereocenters. The maximum atomic E-state index is 14.6. The zero-order valence-corrected chi connectivity index (χ0v) is 45.2. The standard InChI is InChI=1S/C59H88N2O12/c1-34-17-12-11-13-18-35(2)45(46-33-60-52-36(3)19-16-20-44(46)52)31-43-24-22-41(8)59(69,73-43)56(66)57(67)61-26-15-14-21-47(61)58(68)72-50(38(5)29-42-23-25-48(62)51(30-42)70-9)32-49(63)37(4)28-40(7)54(65)55(71-10)53(64)39(6)27-34/h11-13,16-20,28,33-34,37-39,41-43,45,47-51,53-55,60,62-65,69H,14-15,21-27,29-32H2,1-10H3/b13-11+,17-12+,35-18+,40-28+/t34-,37-,38-,39-,41-,42+,43+,45+,47+,48-,49?,50?,51-,53?,54-,55+,59-/m1/s1. The average molecular weight is 1020 g/mol. The molecular formula is C59H88N2O12. The van der Waals surface area contributed by atoms with E-state index in [0.717, 1.165) is 34.0 Å². The van der Waals surface area contributed by atoms with Gasteiger partial charge in [-0.25, -0.2) is 4.79 Å². The van der Waals surface area contributed by atoms with E-state index in [1.807, 2.05) is 51.3 Å². The molecule has 1 aliphatic carbocycles. The Bertz CT molecular complexity index is 2290. The van der Waals surface area contributed by atoms with Crippen LogP contribution in [0.3, 0.4) is 0 Å². The number of fused-ring (bicyclic) bond motifs is 4. The van der Waals surface area contributed by atoms with Gasteiger partial charge in [0.05, 0.1) is 30.5 Å². The lowest BCUT2D eigenvalue weighted by Gasteiger charge is -2.43. The van der Waals surface area contributed by atoms with Gasteiger partial charge in [0.25, 0.3) is 11.7 Å². The number of aromatic amines is 1. The van der Waals surface area contributed by atoms with Crippen molar-refractivity contribution in [3.8, 4) is 0 Å². The number of ketones is 1. The van der Waals surface area contributed by atoms with Gasteiger partial charge in [0.15, 0.2) is 0 Å². The highest BCUT2D eigenvalue weighted by molar-refractivity contribution is 6.39. The van der Waals surface area contributed by atoms with Gasteiger partial charge in [-0.15, -0.1) is 0 Å². The van der Waals surface area contributed by atoms with Crippen molar-refractivity contribution in [2.24, 2.45) is 35.5 Å². The van der Waals surface area contributed by atoms with Crippen LogP contribution in [0, 0.1) is 42.4 Å². The molecule has 14 heteroatoms.